The van der Waals surface area contributed by atoms with Crippen LogP contribution in [0.25, 0.3) is 0 Å². The molecule has 1 saturated heterocycles. The third-order valence-electron chi connectivity index (χ3n) is 3.39. The van der Waals surface area contributed by atoms with Gasteiger partial charge in [-0.05, 0) is 19.4 Å². The van der Waals surface area contributed by atoms with Gasteiger partial charge in [-0.3, -0.25) is 9.69 Å². The summed E-state index contributed by atoms with van der Waals surface area (Å²) in [6, 6.07) is -0.350. The van der Waals surface area contributed by atoms with Crippen molar-refractivity contribution in [2.75, 3.05) is 13.1 Å². The Morgan fingerprint density at radius 1 is 1.71 bits per heavy atom. The highest BCUT2D eigenvalue weighted by molar-refractivity contribution is 5.74. The number of rotatable bonds is 5. The molecule has 2 heterocycles. The molecule has 0 bridgehead atoms. The van der Waals surface area contributed by atoms with Gasteiger partial charge in [0.1, 0.15) is 11.9 Å². The van der Waals surface area contributed by atoms with Crippen molar-refractivity contribution in [3.05, 3.63) is 18.2 Å². The molecule has 0 spiro atoms. The zero-order chi connectivity index (χ0) is 12.3. The molecule has 5 nitrogen and oxygen atoms in total. The van der Waals surface area contributed by atoms with E-state index in [2.05, 4.69) is 21.8 Å². The number of aromatic nitrogens is 2. The van der Waals surface area contributed by atoms with Gasteiger partial charge in [0, 0.05) is 24.9 Å². The maximum absolute atomic E-state index is 11.2. The molecule has 0 aromatic carbocycles. The molecule has 1 aliphatic heterocycles. The van der Waals surface area contributed by atoms with E-state index in [4.69, 9.17) is 0 Å². The van der Waals surface area contributed by atoms with Gasteiger partial charge in [-0.25, -0.2) is 4.98 Å². The summed E-state index contributed by atoms with van der Waals surface area (Å²) in [7, 11) is 0. The predicted octanol–water partition coefficient (Wildman–Crippen LogP) is 1.45. The highest BCUT2D eigenvalue weighted by Crippen LogP contribution is 2.30. The van der Waals surface area contributed by atoms with Crippen LogP contribution in [-0.4, -0.2) is 45.1 Å². The number of hydrogen-bond donors (Lipinski definition) is 2. The van der Waals surface area contributed by atoms with E-state index >= 15 is 0 Å². The van der Waals surface area contributed by atoms with Crippen LogP contribution in [0.2, 0.25) is 0 Å². The molecular formula is C12H19N3O2. The number of carboxylic acid groups (broad SMARTS) is 1. The molecule has 2 atom stereocenters. The third kappa shape index (κ3) is 2.66. The molecule has 0 saturated carbocycles. The smallest absolute Gasteiger partial charge is 0.320 e. The summed E-state index contributed by atoms with van der Waals surface area (Å²) in [5.74, 6) is 0.424. The molecule has 0 amide bonds. The van der Waals surface area contributed by atoms with Crippen molar-refractivity contribution < 1.29 is 9.90 Å². The van der Waals surface area contributed by atoms with Crippen LogP contribution in [0.3, 0.4) is 0 Å². The summed E-state index contributed by atoms with van der Waals surface area (Å²) in [5, 5.41) is 9.23. The molecule has 2 rings (SSSR count). The van der Waals surface area contributed by atoms with Crippen molar-refractivity contribution in [1.29, 1.82) is 0 Å². The van der Waals surface area contributed by atoms with Crippen LogP contribution in [0.4, 0.5) is 0 Å². The summed E-state index contributed by atoms with van der Waals surface area (Å²) < 4.78 is 0. The number of unbranched alkanes of at least 4 members (excludes halogenated alkanes) is 1. The van der Waals surface area contributed by atoms with Crippen LogP contribution in [0, 0.1) is 0 Å². The number of H-pyrrole nitrogens is 1. The van der Waals surface area contributed by atoms with Gasteiger partial charge in [-0.15, -0.1) is 0 Å². The van der Waals surface area contributed by atoms with Crippen LogP contribution in [0.15, 0.2) is 12.4 Å². The number of aliphatic carboxylic acids is 1. The molecular weight excluding hydrogens is 218 g/mol. The summed E-state index contributed by atoms with van der Waals surface area (Å²) >= 11 is 0. The van der Waals surface area contributed by atoms with Crippen LogP contribution in [0.5, 0.6) is 0 Å². The minimum atomic E-state index is -0.713. The maximum Gasteiger partial charge on any atom is 0.320 e. The first kappa shape index (κ1) is 12.1. The molecule has 1 aliphatic rings. The Bertz CT molecular complexity index is 364. The largest absolute Gasteiger partial charge is 0.480 e. The highest BCUT2D eigenvalue weighted by Gasteiger charge is 2.37. The number of hydrogen-bond acceptors (Lipinski definition) is 3. The molecule has 2 unspecified atom stereocenters. The van der Waals surface area contributed by atoms with Crippen molar-refractivity contribution >= 4 is 5.97 Å². The Kier molecular flexibility index (Phi) is 3.78. The lowest BCUT2D eigenvalue weighted by Crippen LogP contribution is -2.36. The Morgan fingerprint density at radius 3 is 3.12 bits per heavy atom. The standard InChI is InChI=1S/C12H19N3O2/c1-2-3-6-15-8-9(7-10(15)12(16)17)11-13-4-5-14-11/h4-5,9-10H,2-3,6-8H2,1H3,(H,13,14)(H,16,17). The zero-order valence-electron chi connectivity index (χ0n) is 10.1. The fraction of sp³-hybridized carbons (Fsp3) is 0.667. The van der Waals surface area contributed by atoms with E-state index in [0.29, 0.717) is 6.42 Å². The number of carboxylic acids is 1. The number of nitrogens with one attached hydrogen (secondary N) is 1. The van der Waals surface area contributed by atoms with E-state index in [-0.39, 0.29) is 12.0 Å². The summed E-state index contributed by atoms with van der Waals surface area (Å²) in [4.78, 5) is 20.6. The molecule has 94 valence electrons. The number of nitrogens with zero attached hydrogens (tertiary/aromatic N) is 2. The predicted molar refractivity (Wildman–Crippen MR) is 63.9 cm³/mol. The van der Waals surface area contributed by atoms with Crippen LogP contribution in [0.1, 0.15) is 37.9 Å². The molecule has 5 heteroatoms. The first-order valence-electron chi connectivity index (χ1n) is 6.18. The lowest BCUT2D eigenvalue weighted by Gasteiger charge is -2.20. The first-order valence-corrected chi connectivity index (χ1v) is 6.18. The topological polar surface area (TPSA) is 69.2 Å². The second-order valence-electron chi connectivity index (χ2n) is 4.61. The highest BCUT2D eigenvalue weighted by atomic mass is 16.4. The maximum atomic E-state index is 11.2. The normalized spacial score (nSPS) is 25.2. The SMILES string of the molecule is CCCCN1CC(c2ncc[nH]2)CC1C(=O)O. The lowest BCUT2D eigenvalue weighted by atomic mass is 10.1. The minimum absolute atomic E-state index is 0.225. The van der Waals surface area contributed by atoms with Crippen LogP contribution in [-0.2, 0) is 4.79 Å². The van der Waals surface area contributed by atoms with Gasteiger partial charge in [0.15, 0.2) is 0 Å². The summed E-state index contributed by atoms with van der Waals surface area (Å²) in [5.41, 5.74) is 0. The van der Waals surface area contributed by atoms with Gasteiger partial charge >= 0.3 is 5.97 Å². The van der Waals surface area contributed by atoms with Crippen LogP contribution >= 0.6 is 0 Å². The van der Waals surface area contributed by atoms with Gasteiger partial charge in [-0.1, -0.05) is 13.3 Å². The number of carbonyl (C=O) groups is 1. The first-order chi connectivity index (χ1) is 8.22. The quantitative estimate of drug-likeness (QED) is 0.813. The molecule has 0 radical (unpaired) electrons. The van der Waals surface area contributed by atoms with E-state index in [0.717, 1.165) is 31.8 Å². The van der Waals surface area contributed by atoms with Gasteiger partial charge in [0.2, 0.25) is 0 Å². The summed E-state index contributed by atoms with van der Waals surface area (Å²) in [6.07, 6.45) is 6.31. The van der Waals surface area contributed by atoms with Crippen molar-refractivity contribution in [3.8, 4) is 0 Å². The molecule has 1 aromatic rings. The minimum Gasteiger partial charge on any atom is -0.480 e. The Balaban J connectivity index is 2.03. The molecule has 2 N–H and O–H groups in total. The zero-order valence-corrected chi connectivity index (χ0v) is 10.1. The third-order valence-corrected chi connectivity index (χ3v) is 3.39. The van der Waals surface area contributed by atoms with Gasteiger partial charge < -0.3 is 10.1 Å². The molecule has 1 aromatic heterocycles. The van der Waals surface area contributed by atoms with E-state index in [1.807, 2.05) is 0 Å². The van der Waals surface area contributed by atoms with Crippen LogP contribution < -0.4 is 0 Å². The van der Waals surface area contributed by atoms with Crippen molar-refractivity contribution in [3.63, 3.8) is 0 Å². The Hall–Kier alpha value is -1.36. The van der Waals surface area contributed by atoms with Gasteiger partial charge in [0.05, 0.1) is 0 Å². The van der Waals surface area contributed by atoms with Crippen molar-refractivity contribution in [1.82, 2.24) is 14.9 Å². The second kappa shape index (κ2) is 5.31. The van der Waals surface area contributed by atoms with Crippen molar-refractivity contribution in [2.45, 2.75) is 38.1 Å². The Labute approximate surface area is 101 Å². The summed E-state index contributed by atoms with van der Waals surface area (Å²) in [6.45, 7) is 3.78. The van der Waals surface area contributed by atoms with Gasteiger partial charge in [-0.2, -0.15) is 0 Å². The number of likely N-dealkylation sites (tertiary alicyclic amines) is 1. The van der Waals surface area contributed by atoms with E-state index < -0.39 is 5.97 Å². The number of aromatic amines is 1. The molecule has 17 heavy (non-hydrogen) atoms. The van der Waals surface area contributed by atoms with E-state index in [1.165, 1.54) is 0 Å². The average Bonchev–Trinajstić information content (AvgIpc) is 2.94. The Morgan fingerprint density at radius 2 is 2.53 bits per heavy atom. The molecule has 1 fully saturated rings. The lowest BCUT2D eigenvalue weighted by molar-refractivity contribution is -0.142. The van der Waals surface area contributed by atoms with E-state index in [9.17, 15) is 9.90 Å². The van der Waals surface area contributed by atoms with Crippen molar-refractivity contribution in [2.24, 2.45) is 0 Å². The second-order valence-corrected chi connectivity index (χ2v) is 4.61. The fourth-order valence-electron chi connectivity index (χ4n) is 2.47. The van der Waals surface area contributed by atoms with E-state index in [1.54, 1.807) is 12.4 Å². The number of imidazole rings is 1. The fourth-order valence-corrected chi connectivity index (χ4v) is 2.47. The molecule has 0 aliphatic carbocycles. The monoisotopic (exact) mass is 237 g/mol. The van der Waals surface area contributed by atoms with Gasteiger partial charge in [0.25, 0.3) is 0 Å². The average molecular weight is 237 g/mol.